The van der Waals surface area contributed by atoms with Crippen LogP contribution in [0.3, 0.4) is 0 Å². The van der Waals surface area contributed by atoms with Gasteiger partial charge >= 0.3 is 0 Å². The minimum atomic E-state index is -0.214. The molecule has 82 valence electrons. The van der Waals surface area contributed by atoms with Crippen molar-refractivity contribution in [3.63, 3.8) is 0 Å². The Morgan fingerprint density at radius 1 is 1.40 bits per heavy atom. The van der Waals surface area contributed by atoms with Gasteiger partial charge < -0.3 is 5.73 Å². The van der Waals surface area contributed by atoms with Crippen LogP contribution in [0.15, 0.2) is 24.3 Å². The van der Waals surface area contributed by atoms with E-state index in [1.807, 2.05) is 12.1 Å². The highest BCUT2D eigenvalue weighted by Crippen LogP contribution is 2.41. The van der Waals surface area contributed by atoms with Crippen LogP contribution in [0, 0.1) is 11.7 Å². The van der Waals surface area contributed by atoms with Crippen molar-refractivity contribution in [1.82, 2.24) is 0 Å². The normalized spacial score (nSPS) is 30.7. The molecule has 1 aromatic rings. The topological polar surface area (TPSA) is 26.0 Å². The number of halogens is 1. The highest BCUT2D eigenvalue weighted by molar-refractivity contribution is 5.25. The van der Waals surface area contributed by atoms with Crippen LogP contribution in [0.4, 0.5) is 4.39 Å². The molecule has 1 fully saturated rings. The van der Waals surface area contributed by atoms with Crippen LogP contribution in [0.2, 0.25) is 0 Å². The highest BCUT2D eigenvalue weighted by atomic mass is 19.1. The Morgan fingerprint density at radius 3 is 2.60 bits per heavy atom. The largest absolute Gasteiger partial charge is 0.321 e. The minimum absolute atomic E-state index is 0.188. The third-order valence-electron chi connectivity index (χ3n) is 3.65. The molecular weight excluding hydrogens is 189 g/mol. The molecule has 1 nitrogen and oxygen atoms in total. The molecule has 2 heteroatoms. The molecule has 2 unspecified atom stereocenters. The Hall–Kier alpha value is -0.890. The lowest BCUT2D eigenvalue weighted by Gasteiger charge is -2.24. The van der Waals surface area contributed by atoms with Crippen LogP contribution in [0.5, 0.6) is 0 Å². The first kappa shape index (κ1) is 10.6. The van der Waals surface area contributed by atoms with E-state index in [0.717, 1.165) is 24.3 Å². The van der Waals surface area contributed by atoms with Crippen LogP contribution in [0.25, 0.3) is 0 Å². The fourth-order valence-corrected chi connectivity index (χ4v) is 2.57. The Bertz CT molecular complexity index is 333. The van der Waals surface area contributed by atoms with Crippen LogP contribution in [-0.4, -0.2) is 0 Å². The van der Waals surface area contributed by atoms with Gasteiger partial charge in [-0.1, -0.05) is 25.5 Å². The summed E-state index contributed by atoms with van der Waals surface area (Å²) in [6.07, 6.45) is 4.46. The lowest BCUT2D eigenvalue weighted by Crippen LogP contribution is -2.33. The predicted molar refractivity (Wildman–Crippen MR) is 59.9 cm³/mol. The Kier molecular flexibility index (Phi) is 2.79. The summed E-state index contributed by atoms with van der Waals surface area (Å²) >= 11 is 0. The molecule has 15 heavy (non-hydrogen) atoms. The van der Waals surface area contributed by atoms with Crippen molar-refractivity contribution in [3.05, 3.63) is 35.6 Å². The smallest absolute Gasteiger partial charge is 0.123 e. The molecule has 2 atom stereocenters. The van der Waals surface area contributed by atoms with E-state index in [-0.39, 0.29) is 11.4 Å². The molecule has 0 aliphatic heterocycles. The molecule has 1 aliphatic rings. The zero-order valence-electron chi connectivity index (χ0n) is 9.17. The summed E-state index contributed by atoms with van der Waals surface area (Å²) in [5.41, 5.74) is 7.24. The third-order valence-corrected chi connectivity index (χ3v) is 3.65. The third kappa shape index (κ3) is 2.05. The van der Waals surface area contributed by atoms with Gasteiger partial charge in [-0.05, 0) is 42.9 Å². The lowest BCUT2D eigenvalue weighted by molar-refractivity contribution is 0.424. The number of benzene rings is 1. The monoisotopic (exact) mass is 207 g/mol. The first-order valence-electron chi connectivity index (χ1n) is 5.69. The van der Waals surface area contributed by atoms with E-state index in [0.29, 0.717) is 0 Å². The number of hydrogen-bond acceptors (Lipinski definition) is 1. The lowest BCUT2D eigenvalue weighted by atomic mass is 9.88. The van der Waals surface area contributed by atoms with Gasteiger partial charge in [0.05, 0.1) is 0 Å². The maximum absolute atomic E-state index is 12.8. The first-order chi connectivity index (χ1) is 7.14. The van der Waals surface area contributed by atoms with Crippen molar-refractivity contribution < 1.29 is 4.39 Å². The van der Waals surface area contributed by atoms with Gasteiger partial charge in [0.2, 0.25) is 0 Å². The molecule has 0 saturated heterocycles. The average molecular weight is 207 g/mol. The highest BCUT2D eigenvalue weighted by Gasteiger charge is 2.36. The maximum Gasteiger partial charge on any atom is 0.123 e. The van der Waals surface area contributed by atoms with Crippen LogP contribution < -0.4 is 5.73 Å². The zero-order chi connectivity index (χ0) is 10.9. The summed E-state index contributed by atoms with van der Waals surface area (Å²) in [7, 11) is 0. The van der Waals surface area contributed by atoms with Gasteiger partial charge in [-0.2, -0.15) is 0 Å². The van der Waals surface area contributed by atoms with Crippen LogP contribution in [0.1, 0.15) is 38.2 Å². The second-order valence-electron chi connectivity index (χ2n) is 4.68. The van der Waals surface area contributed by atoms with Gasteiger partial charge in [0.1, 0.15) is 5.82 Å². The van der Waals surface area contributed by atoms with Crippen molar-refractivity contribution in [2.24, 2.45) is 11.7 Å². The summed E-state index contributed by atoms with van der Waals surface area (Å²) in [4.78, 5) is 0. The number of nitrogens with two attached hydrogens (primary N) is 1. The molecule has 0 radical (unpaired) electrons. The molecule has 1 saturated carbocycles. The van der Waals surface area contributed by atoms with Gasteiger partial charge in [0.25, 0.3) is 0 Å². The second-order valence-corrected chi connectivity index (χ2v) is 4.68. The van der Waals surface area contributed by atoms with Crippen LogP contribution >= 0.6 is 0 Å². The van der Waals surface area contributed by atoms with Gasteiger partial charge in [-0.15, -0.1) is 0 Å². The zero-order valence-corrected chi connectivity index (χ0v) is 9.17. The number of hydrogen-bond donors (Lipinski definition) is 1. The molecule has 0 heterocycles. The minimum Gasteiger partial charge on any atom is -0.321 e. The van der Waals surface area contributed by atoms with E-state index < -0.39 is 0 Å². The molecule has 0 aromatic heterocycles. The van der Waals surface area contributed by atoms with Crippen LogP contribution in [-0.2, 0) is 5.54 Å². The molecule has 0 spiro atoms. The summed E-state index contributed by atoms with van der Waals surface area (Å²) in [6, 6.07) is 6.66. The standard InChI is InChI=1S/C13H18FN/c1-2-10-7-8-13(15,9-10)11-3-5-12(14)6-4-11/h3-6,10H,2,7-9,15H2,1H3. The summed E-state index contributed by atoms with van der Waals surface area (Å²) in [5, 5.41) is 0. The molecule has 2 rings (SSSR count). The maximum atomic E-state index is 12.8. The van der Waals surface area contributed by atoms with Gasteiger partial charge in [-0.25, -0.2) is 4.39 Å². The second kappa shape index (κ2) is 3.93. The molecule has 1 aliphatic carbocycles. The molecular formula is C13H18FN. The summed E-state index contributed by atoms with van der Waals surface area (Å²) < 4.78 is 12.8. The average Bonchev–Trinajstić information content (AvgIpc) is 2.62. The van der Waals surface area contributed by atoms with Gasteiger partial charge in [-0.3, -0.25) is 0 Å². The molecule has 0 bridgehead atoms. The molecule has 1 aromatic carbocycles. The Morgan fingerprint density at radius 2 is 2.07 bits per heavy atom. The van der Waals surface area contributed by atoms with E-state index in [4.69, 9.17) is 5.73 Å². The van der Waals surface area contributed by atoms with E-state index in [1.165, 1.54) is 25.0 Å². The predicted octanol–water partition coefficient (Wildman–Crippen LogP) is 3.19. The summed E-state index contributed by atoms with van der Waals surface area (Å²) in [6.45, 7) is 2.21. The number of rotatable bonds is 2. The Labute approximate surface area is 90.5 Å². The molecule has 0 amide bonds. The van der Waals surface area contributed by atoms with Crippen molar-refractivity contribution in [2.45, 2.75) is 38.1 Å². The van der Waals surface area contributed by atoms with Crippen molar-refractivity contribution >= 4 is 0 Å². The first-order valence-corrected chi connectivity index (χ1v) is 5.69. The fraction of sp³-hybridized carbons (Fsp3) is 0.538. The van der Waals surface area contributed by atoms with E-state index in [2.05, 4.69) is 6.92 Å². The quantitative estimate of drug-likeness (QED) is 0.792. The van der Waals surface area contributed by atoms with Crippen molar-refractivity contribution in [1.29, 1.82) is 0 Å². The van der Waals surface area contributed by atoms with E-state index in [9.17, 15) is 4.39 Å². The van der Waals surface area contributed by atoms with Gasteiger partial charge in [0.15, 0.2) is 0 Å². The van der Waals surface area contributed by atoms with E-state index in [1.54, 1.807) is 0 Å². The van der Waals surface area contributed by atoms with Crippen molar-refractivity contribution in [3.8, 4) is 0 Å². The summed E-state index contributed by atoms with van der Waals surface area (Å²) in [5.74, 6) is 0.549. The Balaban J connectivity index is 2.20. The SMILES string of the molecule is CCC1CCC(N)(c2ccc(F)cc2)C1. The van der Waals surface area contributed by atoms with E-state index >= 15 is 0 Å². The fourth-order valence-electron chi connectivity index (χ4n) is 2.57. The molecule has 2 N–H and O–H groups in total. The van der Waals surface area contributed by atoms with Crippen molar-refractivity contribution in [2.75, 3.05) is 0 Å². The van der Waals surface area contributed by atoms with Gasteiger partial charge in [0, 0.05) is 5.54 Å².